The van der Waals surface area contributed by atoms with Gasteiger partial charge in [0.2, 0.25) is 0 Å². The van der Waals surface area contributed by atoms with Gasteiger partial charge in [-0.25, -0.2) is 4.79 Å². The molecule has 0 aliphatic carbocycles. The summed E-state index contributed by atoms with van der Waals surface area (Å²) < 4.78 is 0. The highest BCUT2D eigenvalue weighted by atomic mass is 16.2. The van der Waals surface area contributed by atoms with Crippen molar-refractivity contribution in [1.82, 2.24) is 5.32 Å². The number of carbonyl (C=O) groups is 1. The van der Waals surface area contributed by atoms with Crippen LogP contribution < -0.4 is 16.8 Å². The van der Waals surface area contributed by atoms with Gasteiger partial charge in [0.05, 0.1) is 0 Å². The minimum absolute atomic E-state index is 0.432. The number of anilines is 1. The molecule has 16 heavy (non-hydrogen) atoms. The summed E-state index contributed by atoms with van der Waals surface area (Å²) in [7, 11) is 0. The van der Waals surface area contributed by atoms with Gasteiger partial charge in [0.15, 0.2) is 0 Å². The van der Waals surface area contributed by atoms with E-state index in [4.69, 9.17) is 11.5 Å². The number of nitrogens with two attached hydrogens (primary N) is 2. The number of nitrogens with one attached hydrogen (secondary N) is 1. The van der Waals surface area contributed by atoms with Crippen LogP contribution >= 0.6 is 0 Å². The number of hydrogen-bond donors (Lipinski definition) is 3. The Hall–Kier alpha value is -1.71. The third kappa shape index (κ3) is 7.67. The Bertz CT molecular complexity index is 292. The number of urea groups is 1. The van der Waals surface area contributed by atoms with Crippen molar-refractivity contribution in [2.75, 3.05) is 12.3 Å². The molecule has 0 fully saturated rings. The van der Waals surface area contributed by atoms with Crippen LogP contribution in [0.3, 0.4) is 0 Å². The molecule has 4 heteroatoms. The van der Waals surface area contributed by atoms with Crippen LogP contribution in [0.2, 0.25) is 0 Å². The number of nitrogen functional groups attached to an aromatic ring is 1. The first-order valence-electron chi connectivity index (χ1n) is 5.42. The SMILES string of the molecule is CCCCNC(N)=O.Cc1ccccc1N. The maximum atomic E-state index is 9.99. The average molecular weight is 223 g/mol. The van der Waals surface area contributed by atoms with Crippen LogP contribution in [0, 0.1) is 6.92 Å². The second kappa shape index (κ2) is 8.59. The second-order valence-electron chi connectivity index (χ2n) is 3.50. The third-order valence-corrected chi connectivity index (χ3v) is 2.02. The summed E-state index contributed by atoms with van der Waals surface area (Å²) in [6.45, 7) is 4.75. The highest BCUT2D eigenvalue weighted by molar-refractivity contribution is 5.71. The minimum atomic E-state index is -0.432. The Balaban J connectivity index is 0.000000281. The van der Waals surface area contributed by atoms with Crippen molar-refractivity contribution in [2.24, 2.45) is 5.73 Å². The van der Waals surface area contributed by atoms with E-state index in [-0.39, 0.29) is 0 Å². The van der Waals surface area contributed by atoms with Crippen molar-refractivity contribution in [3.8, 4) is 0 Å². The monoisotopic (exact) mass is 223 g/mol. The third-order valence-electron chi connectivity index (χ3n) is 2.02. The van der Waals surface area contributed by atoms with E-state index in [0.717, 1.165) is 24.1 Å². The van der Waals surface area contributed by atoms with Gasteiger partial charge in [-0.3, -0.25) is 0 Å². The van der Waals surface area contributed by atoms with Crippen molar-refractivity contribution in [3.05, 3.63) is 29.8 Å². The molecular formula is C12H21N3O. The van der Waals surface area contributed by atoms with Crippen molar-refractivity contribution in [3.63, 3.8) is 0 Å². The molecule has 1 rings (SSSR count). The molecule has 0 aliphatic rings. The molecule has 0 aromatic heterocycles. The predicted octanol–water partition coefficient (Wildman–Crippen LogP) is 2.03. The Morgan fingerprint density at radius 1 is 1.38 bits per heavy atom. The van der Waals surface area contributed by atoms with Gasteiger partial charge >= 0.3 is 6.03 Å². The quantitative estimate of drug-likeness (QED) is 0.541. The van der Waals surface area contributed by atoms with Gasteiger partial charge in [0, 0.05) is 12.2 Å². The number of benzene rings is 1. The van der Waals surface area contributed by atoms with E-state index < -0.39 is 6.03 Å². The molecule has 0 bridgehead atoms. The summed E-state index contributed by atoms with van der Waals surface area (Å²) in [6, 6.07) is 7.37. The molecule has 0 atom stereocenters. The number of carbonyl (C=O) groups excluding carboxylic acids is 1. The summed E-state index contributed by atoms with van der Waals surface area (Å²) in [5.41, 5.74) is 12.3. The summed E-state index contributed by atoms with van der Waals surface area (Å²) in [4.78, 5) is 9.99. The van der Waals surface area contributed by atoms with E-state index >= 15 is 0 Å². The molecule has 0 spiro atoms. The molecule has 90 valence electrons. The number of primary amides is 1. The van der Waals surface area contributed by atoms with Crippen LogP contribution in [0.25, 0.3) is 0 Å². The first-order chi connectivity index (χ1) is 7.57. The summed E-state index contributed by atoms with van der Waals surface area (Å²) in [5.74, 6) is 0. The van der Waals surface area contributed by atoms with Gasteiger partial charge in [-0.15, -0.1) is 0 Å². The highest BCUT2D eigenvalue weighted by Gasteiger charge is 1.86. The van der Waals surface area contributed by atoms with Crippen LogP contribution in [-0.2, 0) is 0 Å². The van der Waals surface area contributed by atoms with Gasteiger partial charge in [-0.1, -0.05) is 31.5 Å². The van der Waals surface area contributed by atoms with Crippen LogP contribution in [0.5, 0.6) is 0 Å². The zero-order valence-corrected chi connectivity index (χ0v) is 9.99. The molecular weight excluding hydrogens is 202 g/mol. The zero-order chi connectivity index (χ0) is 12.4. The van der Waals surface area contributed by atoms with Crippen molar-refractivity contribution >= 4 is 11.7 Å². The fourth-order valence-electron chi connectivity index (χ4n) is 0.975. The lowest BCUT2D eigenvalue weighted by Crippen LogP contribution is -2.29. The first-order valence-corrected chi connectivity index (χ1v) is 5.42. The molecule has 1 aromatic carbocycles. The standard InChI is InChI=1S/C7H9N.C5H12N2O/c1-6-4-2-3-5-7(6)8;1-2-3-4-7-5(6)8/h2-5H,8H2,1H3;2-4H2,1H3,(H3,6,7,8). The maximum Gasteiger partial charge on any atom is 0.312 e. The van der Waals surface area contributed by atoms with Crippen molar-refractivity contribution < 1.29 is 4.79 Å². The van der Waals surface area contributed by atoms with Gasteiger partial charge < -0.3 is 16.8 Å². The maximum absolute atomic E-state index is 9.99. The number of rotatable bonds is 3. The summed E-state index contributed by atoms with van der Waals surface area (Å²) >= 11 is 0. The topological polar surface area (TPSA) is 81.1 Å². The van der Waals surface area contributed by atoms with E-state index in [0.29, 0.717) is 6.54 Å². The largest absolute Gasteiger partial charge is 0.399 e. The molecule has 5 N–H and O–H groups in total. The van der Waals surface area contributed by atoms with Gasteiger partial charge in [-0.2, -0.15) is 0 Å². The molecule has 0 saturated carbocycles. The fourth-order valence-corrected chi connectivity index (χ4v) is 0.975. The Morgan fingerprint density at radius 2 is 2.00 bits per heavy atom. The fraction of sp³-hybridized carbons (Fsp3) is 0.417. The average Bonchev–Trinajstić information content (AvgIpc) is 2.23. The van der Waals surface area contributed by atoms with Gasteiger partial charge in [0.25, 0.3) is 0 Å². The molecule has 0 saturated heterocycles. The Kier molecular flexibility index (Phi) is 7.67. The summed E-state index contributed by atoms with van der Waals surface area (Å²) in [5, 5.41) is 2.49. The van der Waals surface area contributed by atoms with E-state index in [1.807, 2.05) is 31.2 Å². The van der Waals surface area contributed by atoms with E-state index in [9.17, 15) is 4.79 Å². The lowest BCUT2D eigenvalue weighted by Gasteiger charge is -1.96. The van der Waals surface area contributed by atoms with Crippen molar-refractivity contribution in [1.29, 1.82) is 0 Å². The first kappa shape index (κ1) is 14.3. The Morgan fingerprint density at radius 3 is 2.38 bits per heavy atom. The molecule has 0 heterocycles. The number of para-hydroxylation sites is 1. The smallest absolute Gasteiger partial charge is 0.312 e. The van der Waals surface area contributed by atoms with Crippen LogP contribution in [0.4, 0.5) is 10.5 Å². The molecule has 0 radical (unpaired) electrons. The molecule has 0 aliphatic heterocycles. The lowest BCUT2D eigenvalue weighted by molar-refractivity contribution is 0.249. The zero-order valence-electron chi connectivity index (χ0n) is 9.99. The van der Waals surface area contributed by atoms with Crippen LogP contribution in [-0.4, -0.2) is 12.6 Å². The van der Waals surface area contributed by atoms with Gasteiger partial charge in [0.1, 0.15) is 0 Å². The lowest BCUT2D eigenvalue weighted by atomic mass is 10.2. The summed E-state index contributed by atoms with van der Waals surface area (Å²) in [6.07, 6.45) is 2.09. The van der Waals surface area contributed by atoms with E-state index in [1.165, 1.54) is 0 Å². The molecule has 4 nitrogen and oxygen atoms in total. The minimum Gasteiger partial charge on any atom is -0.399 e. The number of hydrogen-bond acceptors (Lipinski definition) is 2. The predicted molar refractivity (Wildman–Crippen MR) is 68.1 cm³/mol. The number of aryl methyl sites for hydroxylation is 1. The number of unbranched alkanes of at least 4 members (excludes halogenated alkanes) is 1. The van der Waals surface area contributed by atoms with Crippen LogP contribution in [0.1, 0.15) is 25.3 Å². The molecule has 1 aromatic rings. The van der Waals surface area contributed by atoms with Crippen LogP contribution in [0.15, 0.2) is 24.3 Å². The normalized spacial score (nSPS) is 8.88. The number of amides is 2. The Labute approximate surface area is 97.0 Å². The van der Waals surface area contributed by atoms with E-state index in [1.54, 1.807) is 0 Å². The highest BCUT2D eigenvalue weighted by Crippen LogP contribution is 2.06. The second-order valence-corrected chi connectivity index (χ2v) is 3.50. The van der Waals surface area contributed by atoms with Gasteiger partial charge in [-0.05, 0) is 25.0 Å². The molecule has 0 unspecified atom stereocenters. The molecule has 2 amide bonds. The van der Waals surface area contributed by atoms with Crippen molar-refractivity contribution in [2.45, 2.75) is 26.7 Å². The van der Waals surface area contributed by atoms with E-state index in [2.05, 4.69) is 12.2 Å².